The number of hydrogen-bond donors (Lipinski definition) is 1. The van der Waals surface area contributed by atoms with E-state index in [0.29, 0.717) is 12.2 Å². The fourth-order valence-corrected chi connectivity index (χ4v) is 3.30. The molecule has 0 radical (unpaired) electrons. The maximum absolute atomic E-state index is 12.8. The molecule has 1 aromatic heterocycles. The zero-order valence-electron chi connectivity index (χ0n) is 17.3. The normalized spacial score (nSPS) is 19.0. The van der Waals surface area contributed by atoms with E-state index in [1.807, 2.05) is 38.1 Å². The second-order valence-electron chi connectivity index (χ2n) is 8.04. The van der Waals surface area contributed by atoms with Gasteiger partial charge in [-0.2, -0.15) is 5.10 Å². The third-order valence-electron chi connectivity index (χ3n) is 5.17. The van der Waals surface area contributed by atoms with Crippen molar-refractivity contribution in [1.29, 1.82) is 0 Å². The summed E-state index contributed by atoms with van der Waals surface area (Å²) >= 11 is 0. The largest absolute Gasteiger partial charge is 0.391 e. The first-order chi connectivity index (χ1) is 13.4. The number of oxime groups is 1. The van der Waals surface area contributed by atoms with Gasteiger partial charge in [0.1, 0.15) is 11.8 Å². The van der Waals surface area contributed by atoms with Gasteiger partial charge >= 0.3 is 0 Å². The summed E-state index contributed by atoms with van der Waals surface area (Å²) in [5, 5.41) is 11.8. The Morgan fingerprint density at radius 1 is 1.21 bits per heavy atom. The van der Waals surface area contributed by atoms with Crippen LogP contribution in [-0.4, -0.2) is 34.0 Å². The van der Waals surface area contributed by atoms with Gasteiger partial charge in [0.05, 0.1) is 18.0 Å². The number of carbonyl (C=O) groups excluding carboxylic acids is 1. The van der Waals surface area contributed by atoms with Crippen molar-refractivity contribution in [3.05, 3.63) is 53.3 Å². The van der Waals surface area contributed by atoms with Crippen LogP contribution in [0.5, 0.6) is 0 Å². The monoisotopic (exact) mass is 382 g/mol. The molecule has 0 fully saturated rings. The van der Waals surface area contributed by atoms with Gasteiger partial charge in [-0.05, 0) is 31.4 Å². The van der Waals surface area contributed by atoms with Crippen molar-refractivity contribution in [1.82, 2.24) is 15.1 Å². The van der Waals surface area contributed by atoms with Gasteiger partial charge in [0.15, 0.2) is 0 Å². The van der Waals surface area contributed by atoms with Crippen molar-refractivity contribution in [3.8, 4) is 0 Å². The van der Waals surface area contributed by atoms with E-state index in [1.165, 1.54) is 5.56 Å². The quantitative estimate of drug-likeness (QED) is 0.788. The predicted octanol–water partition coefficient (Wildman–Crippen LogP) is 3.95. The molecule has 28 heavy (non-hydrogen) atoms. The lowest BCUT2D eigenvalue weighted by molar-refractivity contribution is 0.0660. The summed E-state index contributed by atoms with van der Waals surface area (Å²) in [5.74, 6) is 0.300. The standard InChI is InChI=1S/C22H30N4O2/c1-14(2)18-12-20(26(24-18)15(3)4)22(27)23-13-19-16(5)21(28-25-19)11-17-9-7-6-8-10-17/h6-10,12,14-16,21H,11,13H2,1-5H3,(H,23,27). The maximum atomic E-state index is 12.8. The van der Waals surface area contributed by atoms with Crippen molar-refractivity contribution in [2.75, 3.05) is 6.54 Å². The first-order valence-corrected chi connectivity index (χ1v) is 10.0. The maximum Gasteiger partial charge on any atom is 0.269 e. The number of nitrogens with one attached hydrogen (secondary N) is 1. The van der Waals surface area contributed by atoms with Gasteiger partial charge in [0, 0.05) is 18.4 Å². The molecule has 6 nitrogen and oxygen atoms in total. The molecule has 2 aromatic rings. The summed E-state index contributed by atoms with van der Waals surface area (Å²) in [6.07, 6.45) is 0.809. The molecular formula is C22H30N4O2. The fraction of sp³-hybridized carbons (Fsp3) is 0.500. The van der Waals surface area contributed by atoms with Crippen molar-refractivity contribution in [2.45, 2.75) is 59.1 Å². The lowest BCUT2D eigenvalue weighted by atomic mass is 9.94. The zero-order valence-corrected chi connectivity index (χ0v) is 17.3. The molecule has 0 saturated heterocycles. The third-order valence-corrected chi connectivity index (χ3v) is 5.17. The fourth-order valence-electron chi connectivity index (χ4n) is 3.30. The highest BCUT2D eigenvalue weighted by Crippen LogP contribution is 2.22. The van der Waals surface area contributed by atoms with Gasteiger partial charge in [-0.1, -0.05) is 56.3 Å². The molecule has 1 amide bonds. The minimum atomic E-state index is -0.130. The van der Waals surface area contributed by atoms with Gasteiger partial charge in [-0.3, -0.25) is 9.48 Å². The van der Waals surface area contributed by atoms with Crippen LogP contribution in [0.3, 0.4) is 0 Å². The second-order valence-corrected chi connectivity index (χ2v) is 8.04. The number of benzene rings is 1. The molecule has 6 heteroatoms. The van der Waals surface area contributed by atoms with E-state index >= 15 is 0 Å². The van der Waals surface area contributed by atoms with Gasteiger partial charge in [0.2, 0.25) is 0 Å². The average molecular weight is 383 g/mol. The first-order valence-electron chi connectivity index (χ1n) is 10.0. The molecule has 0 saturated carbocycles. The molecule has 1 N–H and O–H groups in total. The van der Waals surface area contributed by atoms with Gasteiger partial charge in [-0.25, -0.2) is 0 Å². The Bertz CT molecular complexity index is 839. The topological polar surface area (TPSA) is 68.5 Å². The summed E-state index contributed by atoms with van der Waals surface area (Å²) < 4.78 is 1.79. The lowest BCUT2D eigenvalue weighted by Gasteiger charge is -2.15. The van der Waals surface area contributed by atoms with Gasteiger partial charge in [0.25, 0.3) is 5.91 Å². The number of nitrogens with zero attached hydrogens (tertiary/aromatic N) is 3. The summed E-state index contributed by atoms with van der Waals surface area (Å²) in [6, 6.07) is 12.3. The van der Waals surface area contributed by atoms with Crippen molar-refractivity contribution in [2.24, 2.45) is 11.1 Å². The van der Waals surface area contributed by atoms with E-state index in [0.717, 1.165) is 17.8 Å². The number of hydrogen-bond acceptors (Lipinski definition) is 4. The van der Waals surface area contributed by atoms with Crippen LogP contribution in [0.2, 0.25) is 0 Å². The summed E-state index contributed by atoms with van der Waals surface area (Å²) in [7, 11) is 0. The molecular weight excluding hydrogens is 352 g/mol. The summed E-state index contributed by atoms with van der Waals surface area (Å²) in [5.41, 5.74) is 3.61. The van der Waals surface area contributed by atoms with E-state index in [-0.39, 0.29) is 29.9 Å². The van der Waals surface area contributed by atoms with Crippen LogP contribution in [-0.2, 0) is 11.3 Å². The van der Waals surface area contributed by atoms with E-state index in [9.17, 15) is 4.79 Å². The van der Waals surface area contributed by atoms with Crippen LogP contribution in [0.25, 0.3) is 0 Å². The van der Waals surface area contributed by atoms with Crippen LogP contribution < -0.4 is 5.32 Å². The molecule has 0 bridgehead atoms. The molecule has 0 spiro atoms. The zero-order chi connectivity index (χ0) is 20.3. The predicted molar refractivity (Wildman–Crippen MR) is 111 cm³/mol. The highest BCUT2D eigenvalue weighted by atomic mass is 16.6. The Kier molecular flexibility index (Phi) is 6.17. The van der Waals surface area contributed by atoms with Crippen molar-refractivity contribution < 1.29 is 9.63 Å². The second kappa shape index (κ2) is 8.59. The van der Waals surface area contributed by atoms with E-state index < -0.39 is 0 Å². The Balaban J connectivity index is 1.61. The number of carbonyl (C=O) groups is 1. The summed E-state index contributed by atoms with van der Waals surface area (Å²) in [4.78, 5) is 18.4. The highest BCUT2D eigenvalue weighted by molar-refractivity contribution is 5.97. The van der Waals surface area contributed by atoms with Crippen molar-refractivity contribution >= 4 is 11.6 Å². The third kappa shape index (κ3) is 4.43. The number of rotatable bonds is 7. The van der Waals surface area contributed by atoms with Crippen LogP contribution in [0.4, 0.5) is 0 Å². The van der Waals surface area contributed by atoms with Crippen LogP contribution in [0, 0.1) is 5.92 Å². The molecule has 1 aromatic carbocycles. The SMILES string of the molecule is CC(C)c1cc(C(=O)NCC2=NOC(Cc3ccccc3)C2C)n(C(C)C)n1. The minimum Gasteiger partial charge on any atom is -0.391 e. The number of amides is 1. The lowest BCUT2D eigenvalue weighted by Crippen LogP contribution is -2.35. The minimum absolute atomic E-state index is 0.00281. The van der Waals surface area contributed by atoms with Gasteiger partial charge in [-0.15, -0.1) is 0 Å². The molecule has 1 aliphatic heterocycles. The Morgan fingerprint density at radius 2 is 1.93 bits per heavy atom. The van der Waals surface area contributed by atoms with E-state index in [4.69, 9.17) is 4.84 Å². The smallest absolute Gasteiger partial charge is 0.269 e. The molecule has 1 aliphatic rings. The molecule has 2 unspecified atom stereocenters. The Morgan fingerprint density at radius 3 is 2.57 bits per heavy atom. The Hall–Kier alpha value is -2.63. The van der Waals surface area contributed by atoms with Crippen LogP contribution in [0.1, 0.15) is 68.3 Å². The van der Waals surface area contributed by atoms with E-state index in [1.54, 1.807) is 4.68 Å². The Labute approximate surface area is 167 Å². The van der Waals surface area contributed by atoms with Crippen LogP contribution in [0.15, 0.2) is 41.6 Å². The molecule has 150 valence electrons. The first kappa shape index (κ1) is 20.1. The van der Waals surface area contributed by atoms with Crippen LogP contribution >= 0.6 is 0 Å². The average Bonchev–Trinajstić information content (AvgIpc) is 3.26. The van der Waals surface area contributed by atoms with Crippen molar-refractivity contribution in [3.63, 3.8) is 0 Å². The summed E-state index contributed by atoms with van der Waals surface area (Å²) in [6.45, 7) is 10.7. The van der Waals surface area contributed by atoms with Gasteiger partial charge < -0.3 is 10.2 Å². The molecule has 2 atom stereocenters. The molecule has 0 aliphatic carbocycles. The van der Waals surface area contributed by atoms with E-state index in [2.05, 4.69) is 48.5 Å². The number of aromatic nitrogens is 2. The molecule has 3 rings (SSSR count). The molecule has 2 heterocycles. The highest BCUT2D eigenvalue weighted by Gasteiger charge is 2.31.